The third-order valence-electron chi connectivity index (χ3n) is 2.46. The molecule has 0 aliphatic carbocycles. The number of rotatable bonds is 4. The molecule has 0 saturated carbocycles. The Morgan fingerprint density at radius 1 is 1.64 bits per heavy atom. The fourth-order valence-corrected chi connectivity index (χ4v) is 1.62. The molecule has 0 aromatic rings. The average Bonchev–Trinajstić information content (AvgIpc) is 2.25. The maximum atomic E-state index is 11.6. The third kappa shape index (κ3) is 3.80. The summed E-state index contributed by atoms with van der Waals surface area (Å²) in [5.41, 5.74) is 0. The minimum Gasteiger partial charge on any atom is -0.356 e. The topological polar surface area (TPSA) is 41.1 Å². The summed E-state index contributed by atoms with van der Waals surface area (Å²) in [6.45, 7) is 2.57. The number of nitrogens with one attached hydrogen (secondary N) is 2. The lowest BCUT2D eigenvalue weighted by molar-refractivity contribution is -0.125. The van der Waals surface area contributed by atoms with Gasteiger partial charge in [0.25, 0.3) is 0 Å². The maximum absolute atomic E-state index is 11.6. The van der Waals surface area contributed by atoms with Gasteiger partial charge in [-0.2, -0.15) is 0 Å². The first-order chi connectivity index (χ1) is 6.84. The summed E-state index contributed by atoms with van der Waals surface area (Å²) in [4.78, 5) is 11.6. The Morgan fingerprint density at radius 2 is 2.50 bits per heavy atom. The molecule has 1 unspecified atom stereocenters. The Balaban J connectivity index is 2.11. The van der Waals surface area contributed by atoms with Gasteiger partial charge < -0.3 is 10.6 Å². The molecule has 0 aromatic heterocycles. The van der Waals surface area contributed by atoms with Crippen LogP contribution in [0.4, 0.5) is 0 Å². The van der Waals surface area contributed by atoms with Gasteiger partial charge in [-0.3, -0.25) is 4.79 Å². The maximum Gasteiger partial charge on any atom is 0.224 e. The Kier molecular flexibility index (Phi) is 5.09. The molecular weight excluding hydrogens is 176 g/mol. The summed E-state index contributed by atoms with van der Waals surface area (Å²) in [6, 6.07) is 0. The van der Waals surface area contributed by atoms with E-state index in [2.05, 4.69) is 16.6 Å². The number of terminal acetylenes is 1. The predicted octanol–water partition coefficient (Wildman–Crippen LogP) is 0.516. The van der Waals surface area contributed by atoms with Crippen molar-refractivity contribution in [1.29, 1.82) is 0 Å². The second-order valence-electron chi connectivity index (χ2n) is 3.64. The quantitative estimate of drug-likeness (QED) is 0.506. The van der Waals surface area contributed by atoms with E-state index in [-0.39, 0.29) is 11.8 Å². The Bertz CT molecular complexity index is 214. The molecule has 1 amide bonds. The van der Waals surface area contributed by atoms with Crippen molar-refractivity contribution in [2.75, 3.05) is 19.6 Å². The van der Waals surface area contributed by atoms with E-state index in [1.54, 1.807) is 0 Å². The van der Waals surface area contributed by atoms with Gasteiger partial charge in [0.2, 0.25) is 5.91 Å². The van der Waals surface area contributed by atoms with Crippen LogP contribution in [0.2, 0.25) is 0 Å². The SMILES string of the molecule is C#CCCCNC(=O)C1CCCNC1. The fraction of sp³-hybridized carbons (Fsp3) is 0.727. The first kappa shape index (κ1) is 11.1. The number of hydrogen-bond donors (Lipinski definition) is 2. The Labute approximate surface area is 85.6 Å². The van der Waals surface area contributed by atoms with Crippen LogP contribution < -0.4 is 10.6 Å². The number of piperidine rings is 1. The molecule has 0 spiro atoms. The van der Waals surface area contributed by atoms with Crippen molar-refractivity contribution in [3.8, 4) is 12.3 Å². The zero-order valence-corrected chi connectivity index (χ0v) is 8.51. The van der Waals surface area contributed by atoms with Gasteiger partial charge in [0.1, 0.15) is 0 Å². The van der Waals surface area contributed by atoms with E-state index in [0.717, 1.165) is 38.8 Å². The van der Waals surface area contributed by atoms with Gasteiger partial charge in [-0.15, -0.1) is 12.3 Å². The van der Waals surface area contributed by atoms with Crippen molar-refractivity contribution < 1.29 is 4.79 Å². The highest BCUT2D eigenvalue weighted by Crippen LogP contribution is 2.09. The molecule has 2 N–H and O–H groups in total. The van der Waals surface area contributed by atoms with Crippen LogP contribution in [0, 0.1) is 18.3 Å². The van der Waals surface area contributed by atoms with Crippen LogP contribution >= 0.6 is 0 Å². The zero-order valence-electron chi connectivity index (χ0n) is 8.51. The highest BCUT2D eigenvalue weighted by molar-refractivity contribution is 5.78. The molecule has 0 aromatic carbocycles. The molecule has 1 aliphatic heterocycles. The second-order valence-corrected chi connectivity index (χ2v) is 3.64. The van der Waals surface area contributed by atoms with Crippen molar-refractivity contribution in [2.24, 2.45) is 5.92 Å². The van der Waals surface area contributed by atoms with Gasteiger partial charge in [0, 0.05) is 19.5 Å². The highest BCUT2D eigenvalue weighted by Gasteiger charge is 2.19. The molecule has 1 fully saturated rings. The van der Waals surface area contributed by atoms with Gasteiger partial charge in [0.15, 0.2) is 0 Å². The van der Waals surface area contributed by atoms with Crippen molar-refractivity contribution >= 4 is 5.91 Å². The van der Waals surface area contributed by atoms with Crippen molar-refractivity contribution in [3.63, 3.8) is 0 Å². The molecule has 1 saturated heterocycles. The number of hydrogen-bond acceptors (Lipinski definition) is 2. The van der Waals surface area contributed by atoms with E-state index < -0.39 is 0 Å². The summed E-state index contributed by atoms with van der Waals surface area (Å²) in [7, 11) is 0. The molecular formula is C11H18N2O. The number of unbranched alkanes of at least 4 members (excludes halogenated alkanes) is 1. The lowest BCUT2D eigenvalue weighted by Gasteiger charge is -2.21. The molecule has 3 heteroatoms. The minimum atomic E-state index is 0.162. The van der Waals surface area contributed by atoms with Gasteiger partial charge in [-0.1, -0.05) is 0 Å². The zero-order chi connectivity index (χ0) is 10.2. The molecule has 1 atom stereocenters. The molecule has 1 rings (SSSR count). The molecule has 0 bridgehead atoms. The molecule has 14 heavy (non-hydrogen) atoms. The van der Waals surface area contributed by atoms with Crippen LogP contribution in [0.15, 0.2) is 0 Å². The minimum absolute atomic E-state index is 0.162. The largest absolute Gasteiger partial charge is 0.356 e. The number of amides is 1. The Morgan fingerprint density at radius 3 is 3.14 bits per heavy atom. The predicted molar refractivity (Wildman–Crippen MR) is 56.7 cm³/mol. The Hall–Kier alpha value is -1.01. The lowest BCUT2D eigenvalue weighted by Crippen LogP contribution is -2.40. The first-order valence-electron chi connectivity index (χ1n) is 5.26. The summed E-state index contributed by atoms with van der Waals surface area (Å²) in [5.74, 6) is 2.89. The van der Waals surface area contributed by atoms with E-state index in [4.69, 9.17) is 6.42 Å². The van der Waals surface area contributed by atoms with Crippen LogP contribution in [0.25, 0.3) is 0 Å². The smallest absolute Gasteiger partial charge is 0.224 e. The van der Waals surface area contributed by atoms with Crippen LogP contribution in [0.3, 0.4) is 0 Å². The fourth-order valence-electron chi connectivity index (χ4n) is 1.62. The second kappa shape index (κ2) is 6.44. The summed E-state index contributed by atoms with van der Waals surface area (Å²) in [6.07, 6.45) is 8.84. The molecule has 0 radical (unpaired) electrons. The van der Waals surface area contributed by atoms with E-state index in [0.29, 0.717) is 6.54 Å². The van der Waals surface area contributed by atoms with Gasteiger partial charge in [-0.25, -0.2) is 0 Å². The van der Waals surface area contributed by atoms with Gasteiger partial charge >= 0.3 is 0 Å². The molecule has 1 aliphatic rings. The molecule has 78 valence electrons. The normalized spacial score (nSPS) is 21.2. The van der Waals surface area contributed by atoms with Crippen LogP contribution in [-0.2, 0) is 4.79 Å². The summed E-state index contributed by atoms with van der Waals surface area (Å²) >= 11 is 0. The first-order valence-corrected chi connectivity index (χ1v) is 5.26. The molecule has 1 heterocycles. The lowest BCUT2D eigenvalue weighted by atomic mass is 9.99. The number of carbonyl (C=O) groups excluding carboxylic acids is 1. The van der Waals surface area contributed by atoms with Crippen molar-refractivity contribution in [3.05, 3.63) is 0 Å². The monoisotopic (exact) mass is 194 g/mol. The van der Waals surface area contributed by atoms with E-state index in [9.17, 15) is 4.79 Å². The third-order valence-corrected chi connectivity index (χ3v) is 2.46. The summed E-state index contributed by atoms with van der Waals surface area (Å²) < 4.78 is 0. The van der Waals surface area contributed by atoms with Gasteiger partial charge in [0.05, 0.1) is 5.92 Å². The van der Waals surface area contributed by atoms with Crippen LogP contribution in [0.5, 0.6) is 0 Å². The van der Waals surface area contributed by atoms with E-state index >= 15 is 0 Å². The van der Waals surface area contributed by atoms with Crippen molar-refractivity contribution in [2.45, 2.75) is 25.7 Å². The summed E-state index contributed by atoms with van der Waals surface area (Å²) in [5, 5.41) is 6.14. The van der Waals surface area contributed by atoms with Crippen LogP contribution in [-0.4, -0.2) is 25.5 Å². The standard InChI is InChI=1S/C11H18N2O/c1-2-3-4-8-13-11(14)10-6-5-7-12-9-10/h1,10,12H,3-9H2,(H,13,14). The van der Waals surface area contributed by atoms with Crippen LogP contribution in [0.1, 0.15) is 25.7 Å². The highest BCUT2D eigenvalue weighted by atomic mass is 16.1. The van der Waals surface area contributed by atoms with Crippen molar-refractivity contribution in [1.82, 2.24) is 10.6 Å². The van der Waals surface area contributed by atoms with Gasteiger partial charge in [-0.05, 0) is 25.8 Å². The molecule has 3 nitrogen and oxygen atoms in total. The van der Waals surface area contributed by atoms with E-state index in [1.165, 1.54) is 0 Å². The average molecular weight is 194 g/mol. The van der Waals surface area contributed by atoms with E-state index in [1.807, 2.05) is 0 Å². The number of carbonyl (C=O) groups is 1.